The molecule has 0 aliphatic carbocycles. The second-order valence-corrected chi connectivity index (χ2v) is 6.90. The number of aromatic nitrogens is 4. The Labute approximate surface area is 146 Å². The number of nitrogens with zero attached hydrogens (tertiary/aromatic N) is 4. The molecule has 2 N–H and O–H groups in total. The van der Waals surface area contributed by atoms with Crippen LogP contribution in [0, 0.1) is 0 Å². The number of amides is 1. The van der Waals surface area contributed by atoms with E-state index in [4.69, 9.17) is 4.74 Å². The van der Waals surface area contributed by atoms with E-state index < -0.39 is 0 Å². The lowest BCUT2D eigenvalue weighted by Crippen LogP contribution is -2.42. The highest BCUT2D eigenvalue weighted by Gasteiger charge is 2.28. The number of rotatable bonds is 3. The number of ether oxygens (including phenoxy) is 1. The summed E-state index contributed by atoms with van der Waals surface area (Å²) < 4.78 is 5.76. The van der Waals surface area contributed by atoms with Gasteiger partial charge >= 0.3 is 0 Å². The topological polar surface area (TPSA) is 90.1 Å². The molecule has 0 spiro atoms. The van der Waals surface area contributed by atoms with Crippen molar-refractivity contribution in [2.24, 2.45) is 0 Å². The summed E-state index contributed by atoms with van der Waals surface area (Å²) in [6.45, 7) is 3.79. The third-order valence-electron chi connectivity index (χ3n) is 5.18. The molecule has 1 amide bonds. The fourth-order valence-electron chi connectivity index (χ4n) is 3.58. The monoisotopic (exact) mass is 344 g/mol. The SMILES string of the molecule is CN1CCC(c2ncc(C(=O)N3CCOC(c4cn[nH]c4)C3)[nH]2)CC1. The molecular formula is C17H24N6O2. The molecule has 2 aromatic rings. The van der Waals surface area contributed by atoms with Crippen LogP contribution >= 0.6 is 0 Å². The van der Waals surface area contributed by atoms with Crippen LogP contribution in [-0.4, -0.2) is 75.7 Å². The van der Waals surface area contributed by atoms with Crippen molar-refractivity contribution in [2.75, 3.05) is 39.8 Å². The van der Waals surface area contributed by atoms with Crippen molar-refractivity contribution in [3.05, 3.63) is 35.7 Å². The van der Waals surface area contributed by atoms with Gasteiger partial charge in [0.25, 0.3) is 5.91 Å². The van der Waals surface area contributed by atoms with E-state index in [1.807, 2.05) is 11.1 Å². The average Bonchev–Trinajstić information content (AvgIpc) is 3.34. The summed E-state index contributed by atoms with van der Waals surface area (Å²) in [5.41, 5.74) is 1.54. The standard InChI is InChI=1S/C17H24N6O2/c1-22-4-2-12(3-5-22)16-18-10-14(21-16)17(24)23-6-7-25-15(11-23)13-8-19-20-9-13/h8-10,12,15H,2-7,11H2,1H3,(H,18,21)(H,19,20). The van der Waals surface area contributed by atoms with Crippen LogP contribution in [-0.2, 0) is 4.74 Å². The van der Waals surface area contributed by atoms with E-state index in [-0.39, 0.29) is 12.0 Å². The quantitative estimate of drug-likeness (QED) is 0.872. The van der Waals surface area contributed by atoms with Crippen LogP contribution in [0.5, 0.6) is 0 Å². The van der Waals surface area contributed by atoms with Crippen LogP contribution in [0.1, 0.15) is 46.7 Å². The van der Waals surface area contributed by atoms with Gasteiger partial charge in [-0.05, 0) is 33.0 Å². The predicted octanol–water partition coefficient (Wildman–Crippen LogP) is 1.16. The Hall–Kier alpha value is -2.19. The maximum atomic E-state index is 12.8. The number of H-pyrrole nitrogens is 2. The summed E-state index contributed by atoms with van der Waals surface area (Å²) in [7, 11) is 2.14. The number of aromatic amines is 2. The molecule has 0 aromatic carbocycles. The van der Waals surface area contributed by atoms with Crippen molar-refractivity contribution < 1.29 is 9.53 Å². The Bertz CT molecular complexity index is 705. The minimum absolute atomic E-state index is 0.0107. The molecule has 2 saturated heterocycles. The van der Waals surface area contributed by atoms with E-state index in [2.05, 4.69) is 32.1 Å². The third kappa shape index (κ3) is 3.45. The minimum Gasteiger partial charge on any atom is -0.370 e. The lowest BCUT2D eigenvalue weighted by molar-refractivity contribution is -0.0229. The van der Waals surface area contributed by atoms with Crippen LogP contribution in [0.4, 0.5) is 0 Å². The van der Waals surface area contributed by atoms with Gasteiger partial charge < -0.3 is 19.5 Å². The van der Waals surface area contributed by atoms with E-state index in [1.165, 1.54) is 0 Å². The Morgan fingerprint density at radius 1 is 1.28 bits per heavy atom. The van der Waals surface area contributed by atoms with Gasteiger partial charge in [0.15, 0.2) is 0 Å². The van der Waals surface area contributed by atoms with Gasteiger partial charge in [-0.2, -0.15) is 5.10 Å². The largest absolute Gasteiger partial charge is 0.370 e. The van der Waals surface area contributed by atoms with Gasteiger partial charge in [-0.1, -0.05) is 0 Å². The van der Waals surface area contributed by atoms with Crippen molar-refractivity contribution in [1.82, 2.24) is 30.0 Å². The van der Waals surface area contributed by atoms with E-state index >= 15 is 0 Å². The van der Waals surface area contributed by atoms with Crippen LogP contribution in [0.3, 0.4) is 0 Å². The highest BCUT2D eigenvalue weighted by atomic mass is 16.5. The number of likely N-dealkylation sites (tertiary alicyclic amines) is 1. The van der Waals surface area contributed by atoms with Crippen molar-refractivity contribution >= 4 is 5.91 Å². The maximum Gasteiger partial charge on any atom is 0.272 e. The maximum absolute atomic E-state index is 12.8. The first kappa shape index (κ1) is 16.3. The molecule has 2 aliphatic heterocycles. The van der Waals surface area contributed by atoms with Crippen LogP contribution in [0.25, 0.3) is 0 Å². The number of hydrogen-bond donors (Lipinski definition) is 2. The van der Waals surface area contributed by atoms with E-state index in [1.54, 1.807) is 12.4 Å². The molecule has 2 fully saturated rings. The molecule has 8 nitrogen and oxygen atoms in total. The minimum atomic E-state index is -0.132. The number of carbonyl (C=O) groups is 1. The lowest BCUT2D eigenvalue weighted by Gasteiger charge is -2.32. The summed E-state index contributed by atoms with van der Waals surface area (Å²) in [6, 6.07) is 0. The van der Waals surface area contributed by atoms with E-state index in [0.29, 0.717) is 31.3 Å². The molecule has 8 heteroatoms. The molecule has 2 aromatic heterocycles. The lowest BCUT2D eigenvalue weighted by atomic mass is 9.97. The van der Waals surface area contributed by atoms with Crippen molar-refractivity contribution in [3.8, 4) is 0 Å². The fourth-order valence-corrected chi connectivity index (χ4v) is 3.58. The van der Waals surface area contributed by atoms with Crippen molar-refractivity contribution in [3.63, 3.8) is 0 Å². The van der Waals surface area contributed by atoms with Crippen molar-refractivity contribution in [1.29, 1.82) is 0 Å². The summed E-state index contributed by atoms with van der Waals surface area (Å²) >= 11 is 0. The number of imidazole rings is 1. The van der Waals surface area contributed by atoms with Crippen molar-refractivity contribution in [2.45, 2.75) is 24.9 Å². The van der Waals surface area contributed by atoms with Gasteiger partial charge in [-0.3, -0.25) is 9.89 Å². The molecular weight excluding hydrogens is 320 g/mol. The van der Waals surface area contributed by atoms with Gasteiger partial charge in [0, 0.05) is 24.2 Å². The first-order valence-electron chi connectivity index (χ1n) is 8.83. The molecule has 4 heterocycles. The highest BCUT2D eigenvalue weighted by Crippen LogP contribution is 2.26. The van der Waals surface area contributed by atoms with Crippen LogP contribution in [0.15, 0.2) is 18.6 Å². The van der Waals surface area contributed by atoms with Crippen LogP contribution in [0.2, 0.25) is 0 Å². The molecule has 0 radical (unpaired) electrons. The van der Waals surface area contributed by atoms with E-state index in [0.717, 1.165) is 37.3 Å². The van der Waals surface area contributed by atoms with Gasteiger partial charge in [0.05, 0.1) is 25.5 Å². The molecule has 2 aliphatic rings. The second-order valence-electron chi connectivity index (χ2n) is 6.90. The zero-order chi connectivity index (χ0) is 17.2. The number of hydrogen-bond acceptors (Lipinski definition) is 5. The van der Waals surface area contributed by atoms with Crippen LogP contribution < -0.4 is 0 Å². The molecule has 134 valence electrons. The molecule has 0 bridgehead atoms. The number of morpholine rings is 1. The Morgan fingerprint density at radius 2 is 2.12 bits per heavy atom. The number of piperidine rings is 1. The molecule has 0 saturated carbocycles. The highest BCUT2D eigenvalue weighted by molar-refractivity contribution is 5.92. The normalized spacial score (nSPS) is 23.1. The molecule has 4 rings (SSSR count). The third-order valence-corrected chi connectivity index (χ3v) is 5.18. The second kappa shape index (κ2) is 6.97. The first-order chi connectivity index (χ1) is 12.2. The summed E-state index contributed by atoms with van der Waals surface area (Å²) in [4.78, 5) is 24.7. The Morgan fingerprint density at radius 3 is 2.88 bits per heavy atom. The Balaban J connectivity index is 1.42. The number of nitrogens with one attached hydrogen (secondary N) is 2. The van der Waals surface area contributed by atoms with Gasteiger partial charge in [-0.25, -0.2) is 4.98 Å². The van der Waals surface area contributed by atoms with E-state index in [9.17, 15) is 4.79 Å². The number of carbonyl (C=O) groups excluding carboxylic acids is 1. The van der Waals surface area contributed by atoms with Gasteiger partial charge in [0.2, 0.25) is 0 Å². The summed E-state index contributed by atoms with van der Waals surface area (Å²) in [5, 5.41) is 6.75. The first-order valence-corrected chi connectivity index (χ1v) is 8.83. The Kier molecular flexibility index (Phi) is 4.54. The van der Waals surface area contributed by atoms with Gasteiger partial charge in [-0.15, -0.1) is 0 Å². The fraction of sp³-hybridized carbons (Fsp3) is 0.588. The molecule has 1 atom stereocenters. The average molecular weight is 344 g/mol. The molecule has 25 heavy (non-hydrogen) atoms. The summed E-state index contributed by atoms with van der Waals surface area (Å²) in [5.74, 6) is 1.35. The summed E-state index contributed by atoms with van der Waals surface area (Å²) in [6.07, 6.45) is 7.26. The van der Waals surface area contributed by atoms with Gasteiger partial charge in [0.1, 0.15) is 17.6 Å². The zero-order valence-electron chi connectivity index (χ0n) is 14.4. The smallest absolute Gasteiger partial charge is 0.272 e. The zero-order valence-corrected chi connectivity index (χ0v) is 14.4. The predicted molar refractivity (Wildman–Crippen MR) is 91.2 cm³/mol. The molecule has 1 unspecified atom stereocenters.